The molecular weight excluding hydrogens is 238 g/mol. The van der Waals surface area contributed by atoms with Crippen molar-refractivity contribution >= 4 is 0 Å². The summed E-state index contributed by atoms with van der Waals surface area (Å²) in [6.07, 6.45) is 2.73. The zero-order valence-electron chi connectivity index (χ0n) is 11.6. The highest BCUT2D eigenvalue weighted by atomic mass is 16.3. The second kappa shape index (κ2) is 6.50. The number of rotatable bonds is 6. The van der Waals surface area contributed by atoms with Crippen LogP contribution in [-0.2, 0) is 6.54 Å². The molecule has 1 aromatic heterocycles. The standard InChI is InChI=1S/C15H21N3O/c1-12-4-6-13(7-5-12)15-17-14(11-19-15)10-18(2)9-3-8-16/h4-7,11H,3,8-10,16H2,1-2H3. The van der Waals surface area contributed by atoms with Crippen LogP contribution in [0.3, 0.4) is 0 Å². The first-order chi connectivity index (χ1) is 9.19. The van der Waals surface area contributed by atoms with Crippen molar-refractivity contribution in [3.8, 4) is 11.5 Å². The number of oxazole rings is 1. The van der Waals surface area contributed by atoms with Crippen molar-refractivity contribution in [1.29, 1.82) is 0 Å². The van der Waals surface area contributed by atoms with Crippen LogP contribution in [0, 0.1) is 6.92 Å². The van der Waals surface area contributed by atoms with E-state index in [0.717, 1.165) is 37.3 Å². The lowest BCUT2D eigenvalue weighted by Gasteiger charge is -2.13. The fraction of sp³-hybridized carbons (Fsp3) is 0.400. The predicted octanol–water partition coefficient (Wildman–Crippen LogP) is 2.43. The van der Waals surface area contributed by atoms with Crippen molar-refractivity contribution in [2.75, 3.05) is 20.1 Å². The summed E-state index contributed by atoms with van der Waals surface area (Å²) in [6, 6.07) is 8.19. The van der Waals surface area contributed by atoms with E-state index < -0.39 is 0 Å². The van der Waals surface area contributed by atoms with E-state index in [1.54, 1.807) is 6.26 Å². The molecule has 19 heavy (non-hydrogen) atoms. The van der Waals surface area contributed by atoms with Crippen molar-refractivity contribution in [3.05, 3.63) is 41.8 Å². The smallest absolute Gasteiger partial charge is 0.226 e. The van der Waals surface area contributed by atoms with Crippen molar-refractivity contribution < 1.29 is 4.42 Å². The van der Waals surface area contributed by atoms with Gasteiger partial charge < -0.3 is 15.1 Å². The molecule has 0 radical (unpaired) electrons. The highest BCUT2D eigenvalue weighted by Crippen LogP contribution is 2.19. The van der Waals surface area contributed by atoms with E-state index in [4.69, 9.17) is 10.2 Å². The Bertz CT molecular complexity index is 504. The van der Waals surface area contributed by atoms with Gasteiger partial charge in [-0.15, -0.1) is 0 Å². The van der Waals surface area contributed by atoms with Gasteiger partial charge in [0.1, 0.15) is 6.26 Å². The average molecular weight is 259 g/mol. The molecule has 0 fully saturated rings. The molecule has 1 aromatic carbocycles. The lowest BCUT2D eigenvalue weighted by molar-refractivity contribution is 0.320. The molecule has 0 unspecified atom stereocenters. The maximum Gasteiger partial charge on any atom is 0.226 e. The Morgan fingerprint density at radius 1 is 1.26 bits per heavy atom. The zero-order valence-corrected chi connectivity index (χ0v) is 11.6. The molecule has 0 atom stereocenters. The van der Waals surface area contributed by atoms with Crippen molar-refractivity contribution in [3.63, 3.8) is 0 Å². The Kier molecular flexibility index (Phi) is 4.71. The summed E-state index contributed by atoms with van der Waals surface area (Å²) in [4.78, 5) is 6.72. The van der Waals surface area contributed by atoms with E-state index in [2.05, 4.69) is 36.0 Å². The molecule has 0 spiro atoms. The minimum atomic E-state index is 0.683. The number of benzene rings is 1. The fourth-order valence-corrected chi connectivity index (χ4v) is 1.93. The molecule has 2 aromatic rings. The van der Waals surface area contributed by atoms with Crippen LogP contribution in [0.4, 0.5) is 0 Å². The SMILES string of the molecule is Cc1ccc(-c2nc(CN(C)CCCN)co2)cc1. The van der Waals surface area contributed by atoms with Gasteiger partial charge in [0.2, 0.25) is 5.89 Å². The lowest BCUT2D eigenvalue weighted by atomic mass is 10.1. The number of hydrogen-bond acceptors (Lipinski definition) is 4. The van der Waals surface area contributed by atoms with Crippen LogP contribution in [0.15, 0.2) is 34.9 Å². The second-order valence-electron chi connectivity index (χ2n) is 4.89. The number of hydrogen-bond donors (Lipinski definition) is 1. The quantitative estimate of drug-likeness (QED) is 0.865. The third-order valence-electron chi connectivity index (χ3n) is 3.03. The van der Waals surface area contributed by atoms with Gasteiger partial charge in [-0.25, -0.2) is 4.98 Å². The number of aryl methyl sites for hydroxylation is 1. The highest BCUT2D eigenvalue weighted by Gasteiger charge is 2.08. The topological polar surface area (TPSA) is 55.3 Å². The van der Waals surface area contributed by atoms with Gasteiger partial charge in [-0.1, -0.05) is 17.7 Å². The Hall–Kier alpha value is -1.65. The summed E-state index contributed by atoms with van der Waals surface area (Å²) < 4.78 is 5.53. The van der Waals surface area contributed by atoms with Crippen molar-refractivity contribution in [2.45, 2.75) is 19.9 Å². The first kappa shape index (κ1) is 13.8. The number of nitrogens with zero attached hydrogens (tertiary/aromatic N) is 2. The van der Waals surface area contributed by atoms with Crippen LogP contribution < -0.4 is 5.73 Å². The van der Waals surface area contributed by atoms with E-state index in [1.807, 2.05) is 12.1 Å². The molecule has 0 aliphatic carbocycles. The van der Waals surface area contributed by atoms with Gasteiger partial charge in [0.15, 0.2) is 0 Å². The molecule has 1 heterocycles. The van der Waals surface area contributed by atoms with E-state index in [9.17, 15) is 0 Å². The molecule has 102 valence electrons. The monoisotopic (exact) mass is 259 g/mol. The maximum absolute atomic E-state index is 5.53. The molecule has 2 rings (SSSR count). The molecule has 4 nitrogen and oxygen atoms in total. The van der Waals surface area contributed by atoms with E-state index in [1.165, 1.54) is 5.56 Å². The second-order valence-corrected chi connectivity index (χ2v) is 4.89. The summed E-state index contributed by atoms with van der Waals surface area (Å²) in [5.74, 6) is 0.683. The summed E-state index contributed by atoms with van der Waals surface area (Å²) >= 11 is 0. The van der Waals surface area contributed by atoms with E-state index in [0.29, 0.717) is 5.89 Å². The fourth-order valence-electron chi connectivity index (χ4n) is 1.93. The lowest BCUT2D eigenvalue weighted by Crippen LogP contribution is -2.21. The molecule has 2 N–H and O–H groups in total. The van der Waals surface area contributed by atoms with Gasteiger partial charge in [0.25, 0.3) is 0 Å². The molecule has 0 aliphatic heterocycles. The van der Waals surface area contributed by atoms with Crippen LogP contribution >= 0.6 is 0 Å². The molecular formula is C15H21N3O. The Labute approximate surface area is 114 Å². The van der Waals surface area contributed by atoms with Crippen LogP contribution in [0.2, 0.25) is 0 Å². The first-order valence-corrected chi connectivity index (χ1v) is 6.59. The van der Waals surface area contributed by atoms with Crippen LogP contribution in [-0.4, -0.2) is 30.0 Å². The van der Waals surface area contributed by atoms with Crippen molar-refractivity contribution in [2.24, 2.45) is 5.73 Å². The maximum atomic E-state index is 5.53. The van der Waals surface area contributed by atoms with Crippen LogP contribution in [0.5, 0.6) is 0 Å². The summed E-state index contributed by atoms with van der Waals surface area (Å²) in [6.45, 7) is 4.55. The van der Waals surface area contributed by atoms with Gasteiger partial charge in [0, 0.05) is 12.1 Å². The Balaban J connectivity index is 2.00. The molecule has 0 amide bonds. The summed E-state index contributed by atoms with van der Waals surface area (Å²) in [5.41, 5.74) is 8.70. The third-order valence-corrected chi connectivity index (χ3v) is 3.03. The normalized spacial score (nSPS) is 11.2. The highest BCUT2D eigenvalue weighted by molar-refractivity contribution is 5.53. The number of aromatic nitrogens is 1. The van der Waals surface area contributed by atoms with Crippen molar-refractivity contribution in [1.82, 2.24) is 9.88 Å². The molecule has 0 saturated carbocycles. The molecule has 4 heteroatoms. The Morgan fingerprint density at radius 2 is 2.00 bits per heavy atom. The average Bonchev–Trinajstić information content (AvgIpc) is 2.85. The van der Waals surface area contributed by atoms with Crippen LogP contribution in [0.1, 0.15) is 17.7 Å². The van der Waals surface area contributed by atoms with E-state index in [-0.39, 0.29) is 0 Å². The minimum Gasteiger partial charge on any atom is -0.444 e. The number of nitrogens with two attached hydrogens (primary N) is 1. The minimum absolute atomic E-state index is 0.683. The van der Waals surface area contributed by atoms with Crippen LogP contribution in [0.25, 0.3) is 11.5 Å². The summed E-state index contributed by atoms with van der Waals surface area (Å²) in [5, 5.41) is 0. The van der Waals surface area contributed by atoms with Gasteiger partial charge in [-0.05, 0) is 45.6 Å². The zero-order chi connectivity index (χ0) is 13.7. The first-order valence-electron chi connectivity index (χ1n) is 6.59. The van der Waals surface area contributed by atoms with Gasteiger partial charge >= 0.3 is 0 Å². The van der Waals surface area contributed by atoms with Gasteiger partial charge in [0.05, 0.1) is 5.69 Å². The molecule has 0 aliphatic rings. The third kappa shape index (κ3) is 3.91. The largest absolute Gasteiger partial charge is 0.444 e. The van der Waals surface area contributed by atoms with Gasteiger partial charge in [-0.3, -0.25) is 0 Å². The predicted molar refractivity (Wildman–Crippen MR) is 76.7 cm³/mol. The van der Waals surface area contributed by atoms with Gasteiger partial charge in [-0.2, -0.15) is 0 Å². The van der Waals surface area contributed by atoms with E-state index >= 15 is 0 Å². The molecule has 0 saturated heterocycles. The summed E-state index contributed by atoms with van der Waals surface area (Å²) in [7, 11) is 2.07. The molecule has 0 bridgehead atoms. The Morgan fingerprint density at radius 3 is 2.68 bits per heavy atom.